The number of hydrogen-bond acceptors (Lipinski definition) is 3. The van der Waals surface area contributed by atoms with Crippen molar-refractivity contribution < 1.29 is 0 Å². The van der Waals surface area contributed by atoms with Gasteiger partial charge in [0, 0.05) is 35.8 Å². The molecule has 0 bridgehead atoms. The number of halogens is 1. The van der Waals surface area contributed by atoms with Crippen molar-refractivity contribution in [1.29, 1.82) is 0 Å². The molecular formula is C10H14ClN3. The van der Waals surface area contributed by atoms with Crippen LogP contribution < -0.4 is 16.8 Å². The summed E-state index contributed by atoms with van der Waals surface area (Å²) in [5.74, 6) is 0.312. The minimum absolute atomic E-state index is 0.151. The Morgan fingerprint density at radius 2 is 2.14 bits per heavy atom. The molecule has 1 aromatic carbocycles. The molecule has 0 amide bonds. The number of nitrogens with one attached hydrogen (secondary N) is 1. The van der Waals surface area contributed by atoms with Gasteiger partial charge < -0.3 is 16.8 Å². The molecule has 0 aromatic heterocycles. The molecule has 0 aliphatic carbocycles. The summed E-state index contributed by atoms with van der Waals surface area (Å²) in [6, 6.07) is 5.76. The molecule has 2 rings (SSSR count). The summed E-state index contributed by atoms with van der Waals surface area (Å²) in [4.78, 5) is 0. The van der Waals surface area contributed by atoms with Crippen LogP contribution in [0, 0.1) is 0 Å². The third kappa shape index (κ3) is 1.71. The first-order chi connectivity index (χ1) is 6.68. The largest absolute Gasteiger partial charge is 0.398 e. The van der Waals surface area contributed by atoms with Crippen molar-refractivity contribution in [3.63, 3.8) is 0 Å². The summed E-state index contributed by atoms with van der Waals surface area (Å²) in [6.45, 7) is 1.75. The molecule has 14 heavy (non-hydrogen) atoms. The topological polar surface area (TPSA) is 64.1 Å². The fourth-order valence-corrected chi connectivity index (χ4v) is 2.10. The van der Waals surface area contributed by atoms with E-state index in [4.69, 9.17) is 23.1 Å². The standard InChI is InChI=1S/C10H14ClN3/c11-6-1-2-7(9(12)3-6)8-4-14-5-10(8)13/h1-3,8,10,14H,4-5,12-13H2. The Bertz CT molecular complexity index is 340. The highest BCUT2D eigenvalue weighted by atomic mass is 35.5. The number of anilines is 1. The fraction of sp³-hybridized carbons (Fsp3) is 0.400. The van der Waals surface area contributed by atoms with E-state index in [0.29, 0.717) is 10.9 Å². The first-order valence-electron chi connectivity index (χ1n) is 4.69. The normalized spacial score (nSPS) is 26.7. The van der Waals surface area contributed by atoms with Gasteiger partial charge in [0.15, 0.2) is 0 Å². The van der Waals surface area contributed by atoms with Gasteiger partial charge in [-0.05, 0) is 17.7 Å². The van der Waals surface area contributed by atoms with Crippen molar-refractivity contribution in [3.8, 4) is 0 Å². The Balaban J connectivity index is 2.31. The van der Waals surface area contributed by atoms with Crippen LogP contribution in [-0.4, -0.2) is 19.1 Å². The van der Waals surface area contributed by atoms with Gasteiger partial charge in [0.1, 0.15) is 0 Å². The average molecular weight is 212 g/mol. The fourth-order valence-electron chi connectivity index (χ4n) is 1.92. The van der Waals surface area contributed by atoms with Crippen molar-refractivity contribution in [1.82, 2.24) is 5.32 Å². The van der Waals surface area contributed by atoms with E-state index >= 15 is 0 Å². The van der Waals surface area contributed by atoms with E-state index in [-0.39, 0.29) is 6.04 Å². The van der Waals surface area contributed by atoms with Crippen LogP contribution in [-0.2, 0) is 0 Å². The van der Waals surface area contributed by atoms with E-state index < -0.39 is 0 Å². The van der Waals surface area contributed by atoms with Crippen LogP contribution in [0.2, 0.25) is 5.02 Å². The zero-order chi connectivity index (χ0) is 10.1. The van der Waals surface area contributed by atoms with Gasteiger partial charge in [-0.15, -0.1) is 0 Å². The molecule has 3 nitrogen and oxygen atoms in total. The molecule has 0 spiro atoms. The summed E-state index contributed by atoms with van der Waals surface area (Å²) in [5.41, 5.74) is 13.7. The van der Waals surface area contributed by atoms with Crippen molar-refractivity contribution in [2.75, 3.05) is 18.8 Å². The molecule has 0 radical (unpaired) electrons. The average Bonchev–Trinajstić information content (AvgIpc) is 2.52. The molecule has 1 heterocycles. The summed E-state index contributed by atoms with van der Waals surface area (Å²) in [6.07, 6.45) is 0. The van der Waals surface area contributed by atoms with Crippen LogP contribution in [0.5, 0.6) is 0 Å². The van der Waals surface area contributed by atoms with Gasteiger partial charge in [0.2, 0.25) is 0 Å². The molecule has 2 atom stereocenters. The van der Waals surface area contributed by atoms with Gasteiger partial charge in [-0.3, -0.25) is 0 Å². The minimum Gasteiger partial charge on any atom is -0.398 e. The van der Waals surface area contributed by atoms with E-state index in [2.05, 4.69) is 5.32 Å². The van der Waals surface area contributed by atoms with Gasteiger partial charge in [-0.25, -0.2) is 0 Å². The molecule has 1 saturated heterocycles. The summed E-state index contributed by atoms with van der Waals surface area (Å²) >= 11 is 5.83. The molecular weight excluding hydrogens is 198 g/mol. The molecule has 4 heteroatoms. The van der Waals surface area contributed by atoms with Gasteiger partial charge in [0.05, 0.1) is 0 Å². The summed E-state index contributed by atoms with van der Waals surface area (Å²) in [5, 5.41) is 3.92. The van der Waals surface area contributed by atoms with Crippen molar-refractivity contribution in [3.05, 3.63) is 28.8 Å². The number of nitrogens with two attached hydrogens (primary N) is 2. The SMILES string of the molecule is Nc1cc(Cl)ccc1C1CNCC1N. The smallest absolute Gasteiger partial charge is 0.0426 e. The van der Waals surface area contributed by atoms with E-state index in [9.17, 15) is 0 Å². The van der Waals surface area contributed by atoms with Crippen LogP contribution in [0.3, 0.4) is 0 Å². The zero-order valence-corrected chi connectivity index (χ0v) is 8.59. The molecule has 76 valence electrons. The van der Waals surface area contributed by atoms with Crippen molar-refractivity contribution in [2.24, 2.45) is 5.73 Å². The molecule has 0 saturated carbocycles. The monoisotopic (exact) mass is 211 g/mol. The van der Waals surface area contributed by atoms with Crippen LogP contribution in [0.1, 0.15) is 11.5 Å². The maximum atomic E-state index is 5.97. The van der Waals surface area contributed by atoms with Crippen molar-refractivity contribution in [2.45, 2.75) is 12.0 Å². The first-order valence-corrected chi connectivity index (χ1v) is 5.07. The molecule has 1 aliphatic rings. The van der Waals surface area contributed by atoms with E-state index in [1.165, 1.54) is 0 Å². The summed E-state index contributed by atoms with van der Waals surface area (Å²) in [7, 11) is 0. The predicted octanol–water partition coefficient (Wildman–Crippen LogP) is 0.936. The number of hydrogen-bond donors (Lipinski definition) is 3. The lowest BCUT2D eigenvalue weighted by molar-refractivity contribution is 0.655. The predicted molar refractivity (Wildman–Crippen MR) is 59.5 cm³/mol. The number of rotatable bonds is 1. The zero-order valence-electron chi connectivity index (χ0n) is 7.83. The van der Waals surface area contributed by atoms with E-state index in [1.807, 2.05) is 12.1 Å². The lowest BCUT2D eigenvalue weighted by atomic mass is 9.93. The summed E-state index contributed by atoms with van der Waals surface area (Å²) < 4.78 is 0. The van der Waals surface area contributed by atoms with E-state index in [0.717, 1.165) is 24.3 Å². The maximum absolute atomic E-state index is 5.97. The Hall–Kier alpha value is -0.770. The lowest BCUT2D eigenvalue weighted by Crippen LogP contribution is -2.28. The van der Waals surface area contributed by atoms with E-state index in [1.54, 1.807) is 6.07 Å². The lowest BCUT2D eigenvalue weighted by Gasteiger charge is -2.16. The van der Waals surface area contributed by atoms with Crippen LogP contribution in [0.25, 0.3) is 0 Å². The third-order valence-corrected chi connectivity index (χ3v) is 2.94. The second-order valence-electron chi connectivity index (χ2n) is 3.70. The van der Waals surface area contributed by atoms with Gasteiger partial charge in [-0.2, -0.15) is 0 Å². The first kappa shape index (κ1) is 9.77. The molecule has 1 fully saturated rings. The highest BCUT2D eigenvalue weighted by Gasteiger charge is 2.26. The molecule has 2 unspecified atom stereocenters. The van der Waals surface area contributed by atoms with Crippen LogP contribution in [0.4, 0.5) is 5.69 Å². The third-order valence-electron chi connectivity index (χ3n) is 2.71. The Morgan fingerprint density at radius 3 is 2.71 bits per heavy atom. The van der Waals surface area contributed by atoms with Gasteiger partial charge in [0.25, 0.3) is 0 Å². The second-order valence-corrected chi connectivity index (χ2v) is 4.14. The molecule has 1 aromatic rings. The molecule has 5 N–H and O–H groups in total. The maximum Gasteiger partial charge on any atom is 0.0426 e. The highest BCUT2D eigenvalue weighted by Crippen LogP contribution is 2.28. The Kier molecular flexibility index (Phi) is 2.63. The second kappa shape index (κ2) is 3.77. The van der Waals surface area contributed by atoms with Crippen LogP contribution >= 0.6 is 11.6 Å². The van der Waals surface area contributed by atoms with Crippen molar-refractivity contribution >= 4 is 17.3 Å². The quantitative estimate of drug-likeness (QED) is 0.606. The molecule has 1 aliphatic heterocycles. The number of benzene rings is 1. The van der Waals surface area contributed by atoms with Crippen LogP contribution in [0.15, 0.2) is 18.2 Å². The number of nitrogen functional groups attached to an aromatic ring is 1. The Morgan fingerprint density at radius 1 is 1.36 bits per heavy atom. The highest BCUT2D eigenvalue weighted by molar-refractivity contribution is 6.30. The van der Waals surface area contributed by atoms with Gasteiger partial charge >= 0.3 is 0 Å². The Labute approximate surface area is 88.4 Å². The van der Waals surface area contributed by atoms with Gasteiger partial charge in [-0.1, -0.05) is 17.7 Å². The minimum atomic E-state index is 0.151.